The summed E-state index contributed by atoms with van der Waals surface area (Å²) in [6.45, 7) is 6.96. The lowest BCUT2D eigenvalue weighted by Crippen LogP contribution is -2.07. The van der Waals surface area contributed by atoms with Gasteiger partial charge in [-0.25, -0.2) is 0 Å². The number of carbonyl (C=O) groups excluding carboxylic acids is 1. The predicted molar refractivity (Wildman–Crippen MR) is 110 cm³/mol. The third kappa shape index (κ3) is 4.02. The first-order valence-electron chi connectivity index (χ1n) is 9.05. The van der Waals surface area contributed by atoms with Crippen LogP contribution in [0.2, 0.25) is 5.02 Å². The molecule has 0 fully saturated rings. The van der Waals surface area contributed by atoms with E-state index in [-0.39, 0.29) is 5.78 Å². The van der Waals surface area contributed by atoms with Crippen LogP contribution in [0.1, 0.15) is 39.9 Å². The van der Waals surface area contributed by atoms with Crippen LogP contribution in [0.4, 0.5) is 0 Å². The Kier molecular flexibility index (Phi) is 5.99. The number of halogens is 1. The Bertz CT molecular complexity index is 1030. The van der Waals surface area contributed by atoms with Gasteiger partial charge in [-0.15, -0.1) is 0 Å². The number of ether oxygens (including phenoxy) is 1. The molecule has 0 N–H and O–H groups in total. The van der Waals surface area contributed by atoms with Crippen molar-refractivity contribution in [2.45, 2.75) is 33.9 Å². The molecule has 6 nitrogen and oxygen atoms in total. The number of nitrogens with zero attached hydrogens (tertiary/aromatic N) is 4. The average Bonchev–Trinajstić information content (AvgIpc) is 3.27. The summed E-state index contributed by atoms with van der Waals surface area (Å²) in [6.07, 6.45) is 5.00. The van der Waals surface area contributed by atoms with Gasteiger partial charge in [0.2, 0.25) is 5.78 Å². The molecular formula is C21H23ClN4O2. The Morgan fingerprint density at radius 3 is 2.68 bits per heavy atom. The SMILES string of the molecule is CCn1nccc1C(=O)C=Cc1ccc(OC)c(Cn2nc(C)c(Cl)c2C)c1. The fourth-order valence-corrected chi connectivity index (χ4v) is 3.20. The molecule has 2 heterocycles. The number of allylic oxidation sites excluding steroid dienone is 1. The maximum absolute atomic E-state index is 12.4. The van der Waals surface area contributed by atoms with E-state index in [0.29, 0.717) is 23.8 Å². The minimum absolute atomic E-state index is 0.0814. The molecule has 28 heavy (non-hydrogen) atoms. The van der Waals surface area contributed by atoms with Crippen molar-refractivity contribution in [1.82, 2.24) is 19.6 Å². The highest BCUT2D eigenvalue weighted by Gasteiger charge is 2.12. The van der Waals surface area contributed by atoms with E-state index in [2.05, 4.69) is 10.2 Å². The Morgan fingerprint density at radius 2 is 2.04 bits per heavy atom. The van der Waals surface area contributed by atoms with Gasteiger partial charge in [0.05, 0.1) is 30.1 Å². The molecular weight excluding hydrogens is 376 g/mol. The van der Waals surface area contributed by atoms with Crippen molar-refractivity contribution < 1.29 is 9.53 Å². The van der Waals surface area contributed by atoms with E-state index in [1.165, 1.54) is 0 Å². The van der Waals surface area contributed by atoms with Crippen molar-refractivity contribution >= 4 is 23.5 Å². The standard InChI is InChI=1S/C21H23ClN4O2/c1-5-25-18(10-11-23-25)19(27)8-6-16-7-9-20(28-4)17(12-16)13-26-15(3)21(22)14(2)24-26/h6-12H,5,13H2,1-4H3. The maximum atomic E-state index is 12.4. The zero-order valence-electron chi connectivity index (χ0n) is 16.4. The molecule has 0 saturated heterocycles. The van der Waals surface area contributed by atoms with Crippen molar-refractivity contribution in [3.63, 3.8) is 0 Å². The van der Waals surface area contributed by atoms with E-state index in [9.17, 15) is 4.79 Å². The van der Waals surface area contributed by atoms with E-state index >= 15 is 0 Å². The summed E-state index contributed by atoms with van der Waals surface area (Å²) in [6, 6.07) is 7.52. The van der Waals surface area contributed by atoms with E-state index in [1.807, 2.05) is 43.7 Å². The molecule has 0 amide bonds. The fourth-order valence-electron chi connectivity index (χ4n) is 3.07. The molecule has 0 aliphatic heterocycles. The number of rotatable bonds is 7. The van der Waals surface area contributed by atoms with Crippen molar-refractivity contribution in [1.29, 1.82) is 0 Å². The van der Waals surface area contributed by atoms with Gasteiger partial charge in [-0.05, 0) is 50.6 Å². The van der Waals surface area contributed by atoms with Gasteiger partial charge in [-0.2, -0.15) is 10.2 Å². The largest absolute Gasteiger partial charge is 0.496 e. The third-order valence-corrected chi connectivity index (χ3v) is 5.16. The number of methoxy groups -OCH3 is 1. The molecule has 0 radical (unpaired) electrons. The Hall–Kier alpha value is -2.86. The quantitative estimate of drug-likeness (QED) is 0.439. The second kappa shape index (κ2) is 8.44. The number of carbonyl (C=O) groups is 1. The molecule has 0 aliphatic carbocycles. The van der Waals surface area contributed by atoms with Crippen LogP contribution in [-0.4, -0.2) is 32.5 Å². The van der Waals surface area contributed by atoms with Crippen LogP contribution in [0.25, 0.3) is 6.08 Å². The monoisotopic (exact) mass is 398 g/mol. The van der Waals surface area contributed by atoms with E-state index < -0.39 is 0 Å². The Balaban J connectivity index is 1.86. The second-order valence-electron chi connectivity index (χ2n) is 6.44. The fraction of sp³-hybridized carbons (Fsp3) is 0.286. The van der Waals surface area contributed by atoms with Gasteiger partial charge in [-0.3, -0.25) is 14.2 Å². The smallest absolute Gasteiger partial charge is 0.203 e. The molecule has 0 saturated carbocycles. The van der Waals surface area contributed by atoms with E-state index in [1.54, 1.807) is 36.2 Å². The normalized spacial score (nSPS) is 11.3. The molecule has 146 valence electrons. The molecule has 2 aromatic heterocycles. The minimum Gasteiger partial charge on any atom is -0.496 e. The van der Waals surface area contributed by atoms with E-state index in [4.69, 9.17) is 16.3 Å². The molecule has 3 aromatic rings. The summed E-state index contributed by atoms with van der Waals surface area (Å²) in [4.78, 5) is 12.4. The van der Waals surface area contributed by atoms with Crippen LogP contribution in [-0.2, 0) is 13.1 Å². The van der Waals surface area contributed by atoms with Gasteiger partial charge >= 0.3 is 0 Å². The molecule has 3 rings (SSSR count). The van der Waals surface area contributed by atoms with Gasteiger partial charge in [0, 0.05) is 18.3 Å². The number of hydrogen-bond acceptors (Lipinski definition) is 4. The average molecular weight is 399 g/mol. The summed E-state index contributed by atoms with van der Waals surface area (Å²) in [7, 11) is 1.64. The van der Waals surface area contributed by atoms with Gasteiger partial charge in [0.1, 0.15) is 11.4 Å². The summed E-state index contributed by atoms with van der Waals surface area (Å²) in [5.41, 5.74) is 4.14. The van der Waals surface area contributed by atoms with Crippen molar-refractivity contribution in [2.75, 3.05) is 7.11 Å². The highest BCUT2D eigenvalue weighted by atomic mass is 35.5. The molecule has 1 aromatic carbocycles. The number of aromatic nitrogens is 4. The number of benzene rings is 1. The molecule has 0 atom stereocenters. The van der Waals surface area contributed by atoms with Crippen LogP contribution < -0.4 is 4.74 Å². The van der Waals surface area contributed by atoms with Crippen LogP contribution in [0.5, 0.6) is 5.75 Å². The summed E-state index contributed by atoms with van der Waals surface area (Å²) in [5, 5.41) is 9.30. The van der Waals surface area contributed by atoms with Crippen LogP contribution >= 0.6 is 11.6 Å². The predicted octanol–water partition coefficient (Wildman–Crippen LogP) is 4.32. The van der Waals surface area contributed by atoms with Gasteiger partial charge < -0.3 is 4.74 Å². The molecule has 0 aliphatic rings. The maximum Gasteiger partial charge on any atom is 0.203 e. The summed E-state index contributed by atoms with van der Waals surface area (Å²) < 4.78 is 9.02. The molecule has 0 bridgehead atoms. The number of ketones is 1. The number of aryl methyl sites for hydroxylation is 2. The second-order valence-corrected chi connectivity index (χ2v) is 6.82. The first-order chi connectivity index (χ1) is 13.4. The highest BCUT2D eigenvalue weighted by molar-refractivity contribution is 6.31. The van der Waals surface area contributed by atoms with Gasteiger partial charge in [-0.1, -0.05) is 23.7 Å². The molecule has 7 heteroatoms. The van der Waals surface area contributed by atoms with Crippen molar-refractivity contribution in [3.8, 4) is 5.75 Å². The molecule has 0 unspecified atom stereocenters. The number of hydrogen-bond donors (Lipinski definition) is 0. The van der Waals surface area contributed by atoms with Crippen molar-refractivity contribution in [3.05, 3.63) is 69.8 Å². The summed E-state index contributed by atoms with van der Waals surface area (Å²) >= 11 is 6.26. The summed E-state index contributed by atoms with van der Waals surface area (Å²) in [5.74, 6) is 0.679. The zero-order valence-corrected chi connectivity index (χ0v) is 17.2. The Morgan fingerprint density at radius 1 is 1.25 bits per heavy atom. The zero-order chi connectivity index (χ0) is 20.3. The topological polar surface area (TPSA) is 61.9 Å². The van der Waals surface area contributed by atoms with E-state index in [0.717, 1.165) is 28.3 Å². The minimum atomic E-state index is -0.0814. The van der Waals surface area contributed by atoms with Crippen LogP contribution in [0, 0.1) is 13.8 Å². The lowest BCUT2D eigenvalue weighted by Gasteiger charge is -2.11. The van der Waals surface area contributed by atoms with Crippen LogP contribution in [0.3, 0.4) is 0 Å². The highest BCUT2D eigenvalue weighted by Crippen LogP contribution is 2.25. The van der Waals surface area contributed by atoms with Crippen molar-refractivity contribution in [2.24, 2.45) is 0 Å². The Labute approximate surface area is 169 Å². The van der Waals surface area contributed by atoms with Gasteiger partial charge in [0.25, 0.3) is 0 Å². The first-order valence-corrected chi connectivity index (χ1v) is 9.43. The lowest BCUT2D eigenvalue weighted by atomic mass is 10.1. The third-order valence-electron chi connectivity index (χ3n) is 4.61. The first kappa shape index (κ1) is 19.9. The molecule has 0 spiro atoms. The van der Waals surface area contributed by atoms with Crippen LogP contribution in [0.15, 0.2) is 36.5 Å². The van der Waals surface area contributed by atoms with Gasteiger partial charge in [0.15, 0.2) is 0 Å². The lowest BCUT2D eigenvalue weighted by molar-refractivity contribution is 0.103.